The Morgan fingerprint density at radius 2 is 1.75 bits per heavy atom. The third kappa shape index (κ3) is 6.05. The highest BCUT2D eigenvalue weighted by Crippen LogP contribution is 2.30. The first-order chi connectivity index (χ1) is 15.4. The SMILES string of the molecule is COc1ccccc1ON(C(=O)CC(=O)Nc1nc(CC(=O)O)c(Br)s1)c1ccccc1. The number of carbonyl (C=O) groups excluding carboxylic acids is 2. The van der Waals surface area contributed by atoms with E-state index in [0.29, 0.717) is 21.0 Å². The maximum Gasteiger partial charge on any atom is 0.309 e. The molecule has 11 heteroatoms. The molecule has 0 fully saturated rings. The molecule has 1 heterocycles. The molecule has 2 aromatic carbocycles. The van der Waals surface area contributed by atoms with E-state index in [1.165, 1.54) is 7.11 Å². The van der Waals surface area contributed by atoms with Gasteiger partial charge in [-0.15, -0.1) is 5.06 Å². The summed E-state index contributed by atoms with van der Waals surface area (Å²) in [5.74, 6) is -1.57. The quantitative estimate of drug-likeness (QED) is 0.325. The van der Waals surface area contributed by atoms with Crippen molar-refractivity contribution in [2.75, 3.05) is 17.5 Å². The molecule has 0 saturated carbocycles. The number of amides is 2. The minimum Gasteiger partial charge on any atom is -0.493 e. The number of nitrogens with zero attached hydrogens (tertiary/aromatic N) is 2. The van der Waals surface area contributed by atoms with E-state index >= 15 is 0 Å². The number of carboxylic acids is 1. The summed E-state index contributed by atoms with van der Waals surface area (Å²) < 4.78 is 5.76. The molecule has 0 atom stereocenters. The monoisotopic (exact) mass is 519 g/mol. The van der Waals surface area contributed by atoms with Crippen LogP contribution in [0.2, 0.25) is 0 Å². The summed E-state index contributed by atoms with van der Waals surface area (Å²) in [6.45, 7) is 0. The van der Waals surface area contributed by atoms with E-state index in [4.69, 9.17) is 14.7 Å². The van der Waals surface area contributed by atoms with Crippen molar-refractivity contribution in [3.05, 3.63) is 64.1 Å². The number of carbonyl (C=O) groups is 3. The maximum absolute atomic E-state index is 13.0. The van der Waals surface area contributed by atoms with Gasteiger partial charge in [-0.05, 0) is 40.2 Å². The van der Waals surface area contributed by atoms with Crippen LogP contribution in [0.15, 0.2) is 58.4 Å². The van der Waals surface area contributed by atoms with Crippen LogP contribution in [-0.4, -0.2) is 35.0 Å². The first-order valence-corrected chi connectivity index (χ1v) is 10.8. The molecule has 0 unspecified atom stereocenters. The number of hydrogen-bond acceptors (Lipinski definition) is 7. The van der Waals surface area contributed by atoms with Gasteiger partial charge in [0, 0.05) is 0 Å². The zero-order valence-electron chi connectivity index (χ0n) is 16.8. The second kappa shape index (κ2) is 10.7. The van der Waals surface area contributed by atoms with Crippen LogP contribution in [0.1, 0.15) is 12.1 Å². The fourth-order valence-corrected chi connectivity index (χ4v) is 4.03. The third-order valence-corrected chi connectivity index (χ3v) is 5.75. The summed E-state index contributed by atoms with van der Waals surface area (Å²) in [5, 5.41) is 12.6. The van der Waals surface area contributed by atoms with E-state index in [9.17, 15) is 14.4 Å². The first kappa shape index (κ1) is 23.2. The van der Waals surface area contributed by atoms with Crippen molar-refractivity contribution in [1.82, 2.24) is 4.98 Å². The number of aromatic nitrogens is 1. The largest absolute Gasteiger partial charge is 0.493 e. The summed E-state index contributed by atoms with van der Waals surface area (Å²) >= 11 is 4.29. The van der Waals surface area contributed by atoms with Crippen molar-refractivity contribution >= 4 is 55.9 Å². The number of halogens is 1. The predicted molar refractivity (Wildman–Crippen MR) is 122 cm³/mol. The lowest BCUT2D eigenvalue weighted by Gasteiger charge is -2.23. The highest BCUT2D eigenvalue weighted by Gasteiger charge is 2.23. The molecule has 0 spiro atoms. The number of rotatable bonds is 9. The van der Waals surface area contributed by atoms with Crippen molar-refractivity contribution < 1.29 is 29.1 Å². The van der Waals surface area contributed by atoms with Crippen LogP contribution >= 0.6 is 27.3 Å². The summed E-state index contributed by atoms with van der Waals surface area (Å²) in [5.41, 5.74) is 0.714. The third-order valence-electron chi connectivity index (χ3n) is 4.00. The van der Waals surface area contributed by atoms with Crippen LogP contribution in [0.3, 0.4) is 0 Å². The van der Waals surface area contributed by atoms with Gasteiger partial charge in [-0.3, -0.25) is 14.4 Å². The molecule has 32 heavy (non-hydrogen) atoms. The average Bonchev–Trinajstić information content (AvgIpc) is 3.10. The second-order valence-electron chi connectivity index (χ2n) is 6.30. The molecular weight excluding hydrogens is 502 g/mol. The van der Waals surface area contributed by atoms with Gasteiger partial charge in [0.1, 0.15) is 6.42 Å². The topological polar surface area (TPSA) is 118 Å². The lowest BCUT2D eigenvalue weighted by atomic mass is 10.3. The highest BCUT2D eigenvalue weighted by atomic mass is 79.9. The van der Waals surface area contributed by atoms with Crippen LogP contribution in [0.4, 0.5) is 10.8 Å². The standard InChI is InChI=1S/C21H18BrN3O6S/c1-30-15-9-5-6-10-16(15)31-25(13-7-3-2-4-8-13)18(27)12-17(26)24-21-23-14(11-19(28)29)20(22)32-21/h2-10H,11-12H2,1H3,(H,28,29)(H,23,24,26). The first-order valence-electron chi connectivity index (χ1n) is 9.23. The van der Waals surface area contributed by atoms with Gasteiger partial charge < -0.3 is 20.0 Å². The summed E-state index contributed by atoms with van der Waals surface area (Å²) in [6.07, 6.45) is -0.823. The van der Waals surface area contributed by atoms with Crippen molar-refractivity contribution in [1.29, 1.82) is 0 Å². The van der Waals surface area contributed by atoms with Crippen LogP contribution in [0.5, 0.6) is 11.5 Å². The van der Waals surface area contributed by atoms with E-state index in [0.717, 1.165) is 16.4 Å². The Morgan fingerprint density at radius 1 is 1.09 bits per heavy atom. The molecule has 2 amide bonds. The number of carboxylic acid groups (broad SMARTS) is 1. The number of hydroxylamine groups is 1. The Hall–Kier alpha value is -3.44. The molecular formula is C21H18BrN3O6S. The second-order valence-corrected chi connectivity index (χ2v) is 8.62. The molecule has 1 aromatic heterocycles. The molecule has 0 aliphatic carbocycles. The van der Waals surface area contributed by atoms with Crippen molar-refractivity contribution in [3.63, 3.8) is 0 Å². The van der Waals surface area contributed by atoms with E-state index in [1.54, 1.807) is 54.6 Å². The molecule has 9 nitrogen and oxygen atoms in total. The van der Waals surface area contributed by atoms with Gasteiger partial charge in [0.05, 0.1) is 28.7 Å². The van der Waals surface area contributed by atoms with Crippen molar-refractivity contribution in [2.24, 2.45) is 0 Å². The number of nitrogens with one attached hydrogen (secondary N) is 1. The summed E-state index contributed by atoms with van der Waals surface area (Å²) in [4.78, 5) is 46.2. The molecule has 3 rings (SSSR count). The minimum atomic E-state index is -1.05. The van der Waals surface area contributed by atoms with Gasteiger partial charge in [-0.1, -0.05) is 41.7 Å². The molecule has 3 aromatic rings. The Labute approximate surface area is 195 Å². The normalized spacial score (nSPS) is 10.3. The average molecular weight is 520 g/mol. The molecule has 0 aliphatic rings. The van der Waals surface area contributed by atoms with Crippen LogP contribution in [0.25, 0.3) is 0 Å². The van der Waals surface area contributed by atoms with Gasteiger partial charge in [0.2, 0.25) is 5.91 Å². The Morgan fingerprint density at radius 3 is 2.41 bits per heavy atom. The number of ether oxygens (including phenoxy) is 1. The fraction of sp³-hybridized carbons (Fsp3) is 0.143. The molecule has 2 N–H and O–H groups in total. The Balaban J connectivity index is 1.75. The van der Waals surface area contributed by atoms with Gasteiger partial charge >= 0.3 is 5.97 Å². The zero-order chi connectivity index (χ0) is 23.1. The van der Waals surface area contributed by atoms with Gasteiger partial charge in [-0.25, -0.2) is 4.98 Å². The van der Waals surface area contributed by atoms with Crippen molar-refractivity contribution in [2.45, 2.75) is 12.8 Å². The summed E-state index contributed by atoms with van der Waals surface area (Å²) in [7, 11) is 1.48. The fourth-order valence-electron chi connectivity index (χ4n) is 2.62. The summed E-state index contributed by atoms with van der Waals surface area (Å²) in [6, 6.07) is 15.4. The van der Waals surface area contributed by atoms with Gasteiger partial charge in [-0.2, -0.15) is 0 Å². The number of aliphatic carboxylic acids is 1. The molecule has 0 aliphatic heterocycles. The Kier molecular flexibility index (Phi) is 7.79. The van der Waals surface area contributed by atoms with Gasteiger partial charge in [0.25, 0.3) is 5.91 Å². The number of anilines is 2. The van der Waals surface area contributed by atoms with E-state index in [-0.39, 0.29) is 17.2 Å². The number of hydrogen-bond donors (Lipinski definition) is 2. The zero-order valence-corrected chi connectivity index (χ0v) is 19.2. The number of para-hydroxylation sites is 3. The number of benzene rings is 2. The Bertz CT molecular complexity index is 1120. The molecule has 166 valence electrons. The maximum atomic E-state index is 13.0. The van der Waals surface area contributed by atoms with E-state index in [2.05, 4.69) is 26.2 Å². The molecule has 0 radical (unpaired) electrons. The smallest absolute Gasteiger partial charge is 0.309 e. The van der Waals surface area contributed by atoms with Crippen LogP contribution in [0, 0.1) is 0 Å². The van der Waals surface area contributed by atoms with Gasteiger partial charge in [0.15, 0.2) is 16.6 Å². The van der Waals surface area contributed by atoms with E-state index < -0.39 is 24.2 Å². The molecule has 0 bridgehead atoms. The highest BCUT2D eigenvalue weighted by molar-refractivity contribution is 9.11. The van der Waals surface area contributed by atoms with Crippen molar-refractivity contribution in [3.8, 4) is 11.5 Å². The number of thiazole rings is 1. The number of methoxy groups -OCH3 is 1. The molecule has 0 saturated heterocycles. The van der Waals surface area contributed by atoms with Crippen LogP contribution < -0.4 is 20.0 Å². The van der Waals surface area contributed by atoms with Crippen LogP contribution in [-0.2, 0) is 20.8 Å². The predicted octanol–water partition coefficient (Wildman–Crippen LogP) is 3.90. The van der Waals surface area contributed by atoms with E-state index in [1.807, 2.05) is 0 Å². The minimum absolute atomic E-state index is 0.183. The lowest BCUT2D eigenvalue weighted by Crippen LogP contribution is -2.36. The lowest BCUT2D eigenvalue weighted by molar-refractivity contribution is -0.136.